The van der Waals surface area contributed by atoms with Crippen molar-refractivity contribution in [3.8, 4) is 0 Å². The van der Waals surface area contributed by atoms with Gasteiger partial charge in [0, 0.05) is 17.2 Å². The lowest BCUT2D eigenvalue weighted by Gasteiger charge is -2.05. The van der Waals surface area contributed by atoms with E-state index in [0.717, 1.165) is 31.4 Å². The van der Waals surface area contributed by atoms with Gasteiger partial charge >= 0.3 is 0 Å². The van der Waals surface area contributed by atoms with Crippen LogP contribution in [0.3, 0.4) is 0 Å². The van der Waals surface area contributed by atoms with Gasteiger partial charge in [-0.1, -0.05) is 12.2 Å². The molecule has 2 atom stereocenters. The molecule has 3 rings (SSSR count). The van der Waals surface area contributed by atoms with Gasteiger partial charge in [0.25, 0.3) is 0 Å². The minimum atomic E-state index is 0.0427. The third-order valence-electron chi connectivity index (χ3n) is 4.69. The molecule has 0 heterocycles. The Balaban J connectivity index is 1.61. The number of rotatable bonds is 3. The van der Waals surface area contributed by atoms with Gasteiger partial charge in [-0.2, -0.15) is 0 Å². The maximum absolute atomic E-state index is 12.4. The first kappa shape index (κ1) is 14.1. The Morgan fingerprint density at radius 1 is 1.00 bits per heavy atom. The van der Waals surface area contributed by atoms with Crippen LogP contribution in [0.4, 0.5) is 5.69 Å². The molecule has 0 aliphatic heterocycles. The van der Waals surface area contributed by atoms with E-state index in [1.807, 2.05) is 0 Å². The maximum Gasteiger partial charge on any atom is 0.228 e. The number of allylic oxidation sites excluding steroid dienone is 2. The highest BCUT2D eigenvalue weighted by molar-refractivity contribution is 5.97. The number of anilines is 1. The first-order chi connectivity index (χ1) is 10.2. The lowest BCUT2D eigenvalue weighted by atomic mass is 10.1. The Bertz CT molecular complexity index is 557. The Kier molecular flexibility index (Phi) is 3.91. The molecular formula is C18H21NO2. The van der Waals surface area contributed by atoms with Crippen molar-refractivity contribution in [3.05, 3.63) is 42.0 Å². The smallest absolute Gasteiger partial charge is 0.228 e. The van der Waals surface area contributed by atoms with Crippen molar-refractivity contribution in [3.63, 3.8) is 0 Å². The Labute approximate surface area is 125 Å². The van der Waals surface area contributed by atoms with E-state index >= 15 is 0 Å². The van der Waals surface area contributed by atoms with Gasteiger partial charge in [0.1, 0.15) is 0 Å². The molecule has 3 heteroatoms. The molecular weight excluding hydrogens is 262 g/mol. The van der Waals surface area contributed by atoms with Crippen LogP contribution in [-0.2, 0) is 4.79 Å². The molecule has 2 unspecified atom stereocenters. The summed E-state index contributed by atoms with van der Waals surface area (Å²) in [6.07, 6.45) is 8.93. The number of ketones is 1. The number of Topliss-reactive ketones (excluding diaryl/α,β-unsaturated/α-hetero) is 1. The fourth-order valence-electron chi connectivity index (χ4n) is 3.45. The number of carbonyl (C=O) groups is 2. The molecule has 0 radical (unpaired) electrons. The van der Waals surface area contributed by atoms with E-state index in [1.54, 1.807) is 31.2 Å². The standard InChI is InChI=1S/C18H21NO2/c1-12(20)13-8-10-14(11-9-13)19-18(21)17-15-6-4-2-3-5-7-16(15)17/h2-3,8-11,15-17H,4-7H2,1H3,(H,19,21). The molecule has 1 saturated carbocycles. The minimum absolute atomic E-state index is 0.0427. The van der Waals surface area contributed by atoms with Gasteiger partial charge in [0.2, 0.25) is 5.91 Å². The lowest BCUT2D eigenvalue weighted by Crippen LogP contribution is -2.15. The highest BCUT2D eigenvalue weighted by Crippen LogP contribution is 2.53. The first-order valence-electron chi connectivity index (χ1n) is 7.73. The number of hydrogen-bond acceptors (Lipinski definition) is 2. The Morgan fingerprint density at radius 2 is 1.57 bits per heavy atom. The van der Waals surface area contributed by atoms with Crippen LogP contribution in [0.1, 0.15) is 43.0 Å². The number of nitrogens with one attached hydrogen (secondary N) is 1. The van der Waals surface area contributed by atoms with Crippen molar-refractivity contribution < 1.29 is 9.59 Å². The maximum atomic E-state index is 12.4. The predicted octanol–water partition coefficient (Wildman–Crippen LogP) is 3.82. The van der Waals surface area contributed by atoms with Crippen molar-refractivity contribution in [2.24, 2.45) is 17.8 Å². The number of benzene rings is 1. The molecule has 0 aromatic heterocycles. The highest BCUT2D eigenvalue weighted by atomic mass is 16.2. The molecule has 2 aliphatic rings. The van der Waals surface area contributed by atoms with E-state index in [0.29, 0.717) is 17.4 Å². The number of fused-ring (bicyclic) bond motifs is 1. The van der Waals surface area contributed by atoms with Crippen LogP contribution in [-0.4, -0.2) is 11.7 Å². The quantitative estimate of drug-likeness (QED) is 0.677. The summed E-state index contributed by atoms with van der Waals surface area (Å²) in [4.78, 5) is 23.6. The number of carbonyl (C=O) groups excluding carboxylic acids is 2. The zero-order chi connectivity index (χ0) is 14.8. The monoisotopic (exact) mass is 283 g/mol. The predicted molar refractivity (Wildman–Crippen MR) is 83.2 cm³/mol. The molecule has 0 bridgehead atoms. The largest absolute Gasteiger partial charge is 0.326 e. The third-order valence-corrected chi connectivity index (χ3v) is 4.69. The van der Waals surface area contributed by atoms with Crippen LogP contribution >= 0.6 is 0 Å². The molecule has 1 N–H and O–H groups in total. The fraction of sp³-hybridized carbons (Fsp3) is 0.444. The molecule has 21 heavy (non-hydrogen) atoms. The van der Waals surface area contributed by atoms with E-state index in [1.165, 1.54) is 0 Å². The molecule has 3 nitrogen and oxygen atoms in total. The minimum Gasteiger partial charge on any atom is -0.326 e. The van der Waals surface area contributed by atoms with Crippen molar-refractivity contribution in [2.45, 2.75) is 32.6 Å². The summed E-state index contributed by atoms with van der Waals surface area (Å²) in [5, 5.41) is 3.00. The average Bonchev–Trinajstić information content (AvgIpc) is 3.10. The number of hydrogen-bond donors (Lipinski definition) is 1. The average molecular weight is 283 g/mol. The van der Waals surface area contributed by atoms with Crippen molar-refractivity contribution >= 4 is 17.4 Å². The van der Waals surface area contributed by atoms with Crippen molar-refractivity contribution in [2.75, 3.05) is 5.32 Å². The van der Waals surface area contributed by atoms with Crippen LogP contribution in [0.15, 0.2) is 36.4 Å². The summed E-state index contributed by atoms with van der Waals surface area (Å²) < 4.78 is 0. The zero-order valence-electron chi connectivity index (χ0n) is 12.3. The Hall–Kier alpha value is -1.90. The first-order valence-corrected chi connectivity index (χ1v) is 7.73. The SMILES string of the molecule is CC(=O)c1ccc(NC(=O)C2C3CCC=CCCC32)cc1. The fourth-order valence-corrected chi connectivity index (χ4v) is 3.45. The van der Waals surface area contributed by atoms with Gasteiger partial charge in [-0.3, -0.25) is 9.59 Å². The van der Waals surface area contributed by atoms with Gasteiger partial charge in [-0.15, -0.1) is 0 Å². The number of amides is 1. The molecule has 0 spiro atoms. The van der Waals surface area contributed by atoms with Gasteiger partial charge in [-0.25, -0.2) is 0 Å². The van der Waals surface area contributed by atoms with Gasteiger partial charge < -0.3 is 5.32 Å². The van der Waals surface area contributed by atoms with Crippen molar-refractivity contribution in [1.29, 1.82) is 0 Å². The third kappa shape index (κ3) is 3.07. The van der Waals surface area contributed by atoms with E-state index in [4.69, 9.17) is 0 Å². The van der Waals surface area contributed by atoms with Gasteiger partial charge in [0.05, 0.1) is 0 Å². The molecule has 2 aliphatic carbocycles. The molecule has 1 aromatic rings. The molecule has 1 fully saturated rings. The van der Waals surface area contributed by atoms with E-state index in [-0.39, 0.29) is 17.6 Å². The molecule has 0 saturated heterocycles. The summed E-state index contributed by atoms with van der Waals surface area (Å²) >= 11 is 0. The summed E-state index contributed by atoms with van der Waals surface area (Å²) in [5.74, 6) is 1.49. The summed E-state index contributed by atoms with van der Waals surface area (Å²) in [5.41, 5.74) is 1.45. The van der Waals surface area contributed by atoms with Crippen molar-refractivity contribution in [1.82, 2.24) is 0 Å². The molecule has 110 valence electrons. The van der Waals surface area contributed by atoms with Gasteiger partial charge in [0.15, 0.2) is 5.78 Å². The second-order valence-electron chi connectivity index (χ2n) is 6.10. The van der Waals surface area contributed by atoms with E-state index in [9.17, 15) is 9.59 Å². The van der Waals surface area contributed by atoms with Crippen LogP contribution in [0.5, 0.6) is 0 Å². The topological polar surface area (TPSA) is 46.2 Å². The van der Waals surface area contributed by atoms with E-state index < -0.39 is 0 Å². The van der Waals surface area contributed by atoms with Crippen LogP contribution in [0.25, 0.3) is 0 Å². The van der Waals surface area contributed by atoms with Crippen LogP contribution < -0.4 is 5.32 Å². The summed E-state index contributed by atoms with van der Waals surface area (Å²) in [6, 6.07) is 7.14. The second kappa shape index (κ2) is 5.84. The van der Waals surface area contributed by atoms with E-state index in [2.05, 4.69) is 17.5 Å². The highest BCUT2D eigenvalue weighted by Gasteiger charge is 2.53. The second-order valence-corrected chi connectivity index (χ2v) is 6.10. The summed E-state index contributed by atoms with van der Waals surface area (Å²) in [7, 11) is 0. The lowest BCUT2D eigenvalue weighted by molar-refractivity contribution is -0.117. The summed E-state index contributed by atoms with van der Waals surface area (Å²) in [6.45, 7) is 1.54. The molecule has 1 amide bonds. The Morgan fingerprint density at radius 3 is 2.10 bits per heavy atom. The normalized spacial score (nSPS) is 27.2. The van der Waals surface area contributed by atoms with Crippen LogP contribution in [0.2, 0.25) is 0 Å². The van der Waals surface area contributed by atoms with Crippen LogP contribution in [0, 0.1) is 17.8 Å². The van der Waals surface area contributed by atoms with Gasteiger partial charge in [-0.05, 0) is 68.7 Å². The zero-order valence-corrected chi connectivity index (χ0v) is 12.3. The molecule has 1 aromatic carbocycles.